The fraction of sp³-hybridized carbons (Fsp3) is 0.519. The molecule has 0 radical (unpaired) electrons. The van der Waals surface area contributed by atoms with Crippen LogP contribution >= 0.6 is 0 Å². The normalized spacial score (nSPS) is 14.3. The summed E-state index contributed by atoms with van der Waals surface area (Å²) >= 11 is 0. The predicted molar refractivity (Wildman–Crippen MR) is 131 cm³/mol. The second-order valence-electron chi connectivity index (χ2n) is 9.63. The number of ketones is 1. The average molecular weight is 425 g/mol. The van der Waals surface area contributed by atoms with Gasteiger partial charge in [-0.2, -0.15) is 0 Å². The molecule has 30 heavy (non-hydrogen) atoms. The van der Waals surface area contributed by atoms with Crippen LogP contribution in [0.4, 0.5) is 0 Å². The predicted octanol–water partition coefficient (Wildman–Crippen LogP) is 7.70. The van der Waals surface area contributed by atoms with Gasteiger partial charge in [-0.1, -0.05) is 109 Å². The second-order valence-corrected chi connectivity index (χ2v) is 15.0. The molecule has 0 aliphatic carbocycles. The third kappa shape index (κ3) is 5.92. The lowest BCUT2D eigenvalue weighted by atomic mass is 9.91. The Labute approximate surface area is 185 Å². The zero-order valence-electron chi connectivity index (χ0n) is 19.9. The molecule has 0 saturated heterocycles. The van der Waals surface area contributed by atoms with Crippen LogP contribution in [0.1, 0.15) is 70.8 Å². The number of carbonyl (C=O) groups excluding carboxylic acids is 1. The molecular formula is C27H40O2Si. The van der Waals surface area contributed by atoms with Gasteiger partial charge in [-0.25, -0.2) is 0 Å². The fourth-order valence-electron chi connectivity index (χ4n) is 5.07. The van der Waals surface area contributed by atoms with Crippen LogP contribution in [0.2, 0.25) is 16.6 Å². The van der Waals surface area contributed by atoms with Crippen molar-refractivity contribution < 1.29 is 9.22 Å². The van der Waals surface area contributed by atoms with E-state index >= 15 is 0 Å². The lowest BCUT2D eigenvalue weighted by molar-refractivity contribution is 0.0781. The summed E-state index contributed by atoms with van der Waals surface area (Å²) in [6, 6.07) is 20.2. The minimum atomic E-state index is -2.09. The van der Waals surface area contributed by atoms with Crippen molar-refractivity contribution in [3.8, 4) is 0 Å². The van der Waals surface area contributed by atoms with Crippen molar-refractivity contribution in [2.75, 3.05) is 0 Å². The highest BCUT2D eigenvalue weighted by Gasteiger charge is 2.47. The summed E-state index contributed by atoms with van der Waals surface area (Å²) in [5, 5.41) is 0. The van der Waals surface area contributed by atoms with E-state index in [0.29, 0.717) is 23.0 Å². The Hall–Kier alpha value is -1.71. The van der Waals surface area contributed by atoms with Gasteiger partial charge in [-0.15, -0.1) is 0 Å². The number of benzene rings is 2. The van der Waals surface area contributed by atoms with Crippen molar-refractivity contribution in [3.63, 3.8) is 0 Å². The molecule has 0 unspecified atom stereocenters. The topological polar surface area (TPSA) is 26.3 Å². The lowest BCUT2D eigenvalue weighted by Crippen LogP contribution is -2.51. The molecule has 0 saturated carbocycles. The molecule has 0 fully saturated rings. The Morgan fingerprint density at radius 3 is 1.70 bits per heavy atom. The Kier molecular flexibility index (Phi) is 9.05. The zero-order valence-corrected chi connectivity index (χ0v) is 20.9. The first-order valence-electron chi connectivity index (χ1n) is 11.5. The zero-order chi connectivity index (χ0) is 22.3. The van der Waals surface area contributed by atoms with Crippen LogP contribution in [0.5, 0.6) is 0 Å². The Bertz CT molecular complexity index is 746. The summed E-state index contributed by atoms with van der Waals surface area (Å²) in [6.07, 6.45) is 1.29. The molecule has 0 aromatic heterocycles. The van der Waals surface area contributed by atoms with Crippen LogP contribution in [-0.4, -0.2) is 20.2 Å². The Morgan fingerprint density at radius 2 is 1.23 bits per heavy atom. The van der Waals surface area contributed by atoms with E-state index in [1.54, 1.807) is 0 Å². The standard InChI is InChI=1S/C27H40O2Si/c1-20(2)30(21(3)4,22(5)6)29-27(19-26(28)25-16-12-9-13-17-25)23(7)18-24-14-10-8-11-15-24/h8-17,20-23,27H,18-19H2,1-7H3/t23-,27+/m0/s1. The molecule has 0 bridgehead atoms. The van der Waals surface area contributed by atoms with Gasteiger partial charge in [0.1, 0.15) is 0 Å². The van der Waals surface area contributed by atoms with Gasteiger partial charge in [0.25, 0.3) is 0 Å². The highest BCUT2D eigenvalue weighted by molar-refractivity contribution is 6.77. The second kappa shape index (κ2) is 11.1. The van der Waals surface area contributed by atoms with Crippen molar-refractivity contribution in [3.05, 3.63) is 71.8 Å². The molecule has 2 aromatic rings. The molecule has 3 heteroatoms. The summed E-state index contributed by atoms with van der Waals surface area (Å²) in [7, 11) is -2.09. The van der Waals surface area contributed by atoms with Crippen molar-refractivity contribution in [1.82, 2.24) is 0 Å². The molecule has 0 N–H and O–H groups in total. The Balaban J connectivity index is 2.34. The molecule has 2 rings (SSSR count). The van der Waals surface area contributed by atoms with Crippen LogP contribution in [0.3, 0.4) is 0 Å². The highest BCUT2D eigenvalue weighted by atomic mass is 28.4. The third-order valence-electron chi connectivity index (χ3n) is 6.58. The minimum Gasteiger partial charge on any atom is -0.412 e. The molecule has 2 atom stereocenters. The molecule has 0 aliphatic heterocycles. The van der Waals surface area contributed by atoms with Crippen molar-refractivity contribution in [2.24, 2.45) is 5.92 Å². The first kappa shape index (κ1) is 24.6. The third-order valence-corrected chi connectivity index (χ3v) is 12.7. The lowest BCUT2D eigenvalue weighted by Gasteiger charge is -2.46. The van der Waals surface area contributed by atoms with Crippen LogP contribution in [0, 0.1) is 5.92 Å². The monoisotopic (exact) mass is 424 g/mol. The van der Waals surface area contributed by atoms with Crippen LogP contribution in [-0.2, 0) is 10.8 Å². The molecule has 0 amide bonds. The van der Waals surface area contributed by atoms with E-state index < -0.39 is 8.32 Å². The average Bonchev–Trinajstić information content (AvgIpc) is 2.71. The van der Waals surface area contributed by atoms with E-state index in [0.717, 1.165) is 12.0 Å². The van der Waals surface area contributed by atoms with Crippen LogP contribution in [0.15, 0.2) is 60.7 Å². The summed E-state index contributed by atoms with van der Waals surface area (Å²) in [6.45, 7) is 16.1. The number of rotatable bonds is 11. The van der Waals surface area contributed by atoms with Crippen LogP contribution in [0.25, 0.3) is 0 Å². The number of carbonyl (C=O) groups is 1. The van der Waals surface area contributed by atoms with E-state index in [1.807, 2.05) is 30.3 Å². The molecule has 2 aromatic carbocycles. The van der Waals surface area contributed by atoms with Gasteiger partial charge in [0.2, 0.25) is 8.32 Å². The maximum Gasteiger partial charge on any atom is 0.200 e. The van der Waals surface area contributed by atoms with Gasteiger partial charge in [-0.05, 0) is 34.5 Å². The molecule has 0 spiro atoms. The Morgan fingerprint density at radius 1 is 0.767 bits per heavy atom. The van der Waals surface area contributed by atoms with Crippen molar-refractivity contribution in [1.29, 1.82) is 0 Å². The molecule has 0 aliphatic rings. The number of hydrogen-bond acceptors (Lipinski definition) is 2. The summed E-state index contributed by atoms with van der Waals surface area (Å²) in [4.78, 5) is 13.1. The fourth-order valence-corrected chi connectivity index (χ4v) is 10.7. The molecular weight excluding hydrogens is 384 g/mol. The maximum atomic E-state index is 13.1. The van der Waals surface area contributed by atoms with E-state index in [-0.39, 0.29) is 17.8 Å². The van der Waals surface area contributed by atoms with Gasteiger partial charge in [0.05, 0.1) is 6.10 Å². The van der Waals surface area contributed by atoms with E-state index in [2.05, 4.69) is 78.8 Å². The SMILES string of the molecule is CC(C)[Si](O[C@H](CC(=O)c1ccccc1)[C@@H](C)Cc1ccccc1)(C(C)C)C(C)C. The first-order valence-corrected chi connectivity index (χ1v) is 13.6. The highest BCUT2D eigenvalue weighted by Crippen LogP contribution is 2.44. The summed E-state index contributed by atoms with van der Waals surface area (Å²) in [5.74, 6) is 0.447. The summed E-state index contributed by atoms with van der Waals surface area (Å²) in [5.41, 5.74) is 3.57. The van der Waals surface area contributed by atoms with Gasteiger partial charge >= 0.3 is 0 Å². The van der Waals surface area contributed by atoms with Crippen LogP contribution < -0.4 is 0 Å². The minimum absolute atomic E-state index is 0.0724. The van der Waals surface area contributed by atoms with E-state index in [9.17, 15) is 4.79 Å². The van der Waals surface area contributed by atoms with Gasteiger partial charge in [-0.3, -0.25) is 4.79 Å². The number of Topliss-reactive ketones (excluding diaryl/α,β-unsaturated/α-hetero) is 1. The largest absolute Gasteiger partial charge is 0.412 e. The molecule has 2 nitrogen and oxygen atoms in total. The van der Waals surface area contributed by atoms with Crippen molar-refractivity contribution in [2.45, 2.75) is 84.0 Å². The smallest absolute Gasteiger partial charge is 0.200 e. The summed E-state index contributed by atoms with van der Waals surface area (Å²) < 4.78 is 7.17. The molecule has 0 heterocycles. The van der Waals surface area contributed by atoms with Gasteiger partial charge in [0.15, 0.2) is 5.78 Å². The van der Waals surface area contributed by atoms with Gasteiger partial charge in [0, 0.05) is 12.0 Å². The molecule has 164 valence electrons. The van der Waals surface area contributed by atoms with E-state index in [1.165, 1.54) is 5.56 Å². The van der Waals surface area contributed by atoms with E-state index in [4.69, 9.17) is 4.43 Å². The van der Waals surface area contributed by atoms with Crippen molar-refractivity contribution >= 4 is 14.1 Å². The first-order chi connectivity index (χ1) is 14.2. The maximum absolute atomic E-state index is 13.1. The number of hydrogen-bond donors (Lipinski definition) is 0. The van der Waals surface area contributed by atoms with Gasteiger partial charge < -0.3 is 4.43 Å². The quantitative estimate of drug-likeness (QED) is 0.273.